The zero-order chi connectivity index (χ0) is 7.56. The minimum Gasteiger partial charge on any atom is -0.289 e. The van der Waals surface area contributed by atoms with E-state index in [4.69, 9.17) is 0 Å². The Morgan fingerprint density at radius 2 is 2.40 bits per heavy atom. The first-order chi connectivity index (χ1) is 4.70. The molecule has 1 nitrogen and oxygen atoms in total. The Hall–Kier alpha value is 0.620. The molecule has 1 aliphatic rings. The van der Waals surface area contributed by atoms with Crippen LogP contribution in [0.5, 0.6) is 0 Å². The van der Waals surface area contributed by atoms with E-state index < -0.39 is 6.17 Å². The third-order valence-corrected chi connectivity index (χ3v) is 2.69. The van der Waals surface area contributed by atoms with Gasteiger partial charge >= 0.3 is 0 Å². The van der Waals surface area contributed by atoms with Gasteiger partial charge in [0.2, 0.25) is 0 Å². The van der Waals surface area contributed by atoms with E-state index in [2.05, 4.69) is 34.4 Å². The van der Waals surface area contributed by atoms with Gasteiger partial charge < -0.3 is 0 Å². The monoisotopic (exact) mass is 257 g/mol. The fourth-order valence-corrected chi connectivity index (χ4v) is 1.78. The van der Waals surface area contributed by atoms with Gasteiger partial charge in [0, 0.05) is 6.54 Å². The van der Waals surface area contributed by atoms with Crippen molar-refractivity contribution in [3.8, 4) is 0 Å². The summed E-state index contributed by atoms with van der Waals surface area (Å²) in [5.74, 6) is 0. The summed E-state index contributed by atoms with van der Waals surface area (Å²) >= 11 is 2.33. The average molecular weight is 257 g/mol. The van der Waals surface area contributed by atoms with Crippen LogP contribution in [-0.4, -0.2) is 28.2 Å². The molecule has 0 aromatic carbocycles. The maximum Gasteiger partial charge on any atom is 0.113 e. The van der Waals surface area contributed by atoms with Gasteiger partial charge in [-0.3, -0.25) is 4.90 Å². The van der Waals surface area contributed by atoms with Crippen molar-refractivity contribution >= 4 is 22.6 Å². The van der Waals surface area contributed by atoms with Crippen LogP contribution in [0, 0.1) is 0 Å². The second-order valence-corrected chi connectivity index (χ2v) is 4.61. The summed E-state index contributed by atoms with van der Waals surface area (Å²) in [6.45, 7) is 3.83. The molecule has 0 aliphatic carbocycles. The molecule has 3 heteroatoms. The largest absolute Gasteiger partial charge is 0.289 e. The lowest BCUT2D eigenvalue weighted by atomic mass is 10.1. The predicted octanol–water partition coefficient (Wildman–Crippen LogP) is 2.20. The Bertz CT molecular complexity index is 108. The van der Waals surface area contributed by atoms with E-state index in [1.165, 1.54) is 0 Å². The van der Waals surface area contributed by atoms with E-state index in [0.29, 0.717) is 10.6 Å². The summed E-state index contributed by atoms with van der Waals surface area (Å²) in [5.41, 5.74) is 0. The highest BCUT2D eigenvalue weighted by atomic mass is 127. The second kappa shape index (κ2) is 3.85. The Morgan fingerprint density at radius 1 is 1.70 bits per heavy atom. The third kappa shape index (κ3) is 2.34. The van der Waals surface area contributed by atoms with E-state index in [-0.39, 0.29) is 0 Å². The highest BCUT2D eigenvalue weighted by Gasteiger charge is 2.20. The molecule has 1 heterocycles. The number of hydrogen-bond donors (Lipinski definition) is 0. The molecule has 10 heavy (non-hydrogen) atoms. The number of piperidine rings is 1. The number of likely N-dealkylation sites (tertiary alicyclic amines) is 1. The highest BCUT2D eigenvalue weighted by molar-refractivity contribution is 14.1. The molecule has 0 aromatic rings. The normalized spacial score (nSPS) is 32.1. The number of alkyl halides is 2. The Labute approximate surface area is 75.1 Å². The topological polar surface area (TPSA) is 3.24 Å². The van der Waals surface area contributed by atoms with Crippen molar-refractivity contribution in [3.05, 3.63) is 0 Å². The Morgan fingerprint density at radius 3 is 2.80 bits per heavy atom. The summed E-state index contributed by atoms with van der Waals surface area (Å²) in [5, 5.41) is 0. The van der Waals surface area contributed by atoms with Gasteiger partial charge in [-0.2, -0.15) is 0 Å². The number of hydrogen-bond acceptors (Lipinski definition) is 1. The molecule has 2 atom stereocenters. The fourth-order valence-electron chi connectivity index (χ4n) is 1.28. The minimum atomic E-state index is -0.578. The molecule has 0 saturated carbocycles. The molecule has 1 fully saturated rings. The second-order valence-electron chi connectivity index (χ2n) is 2.81. The van der Waals surface area contributed by atoms with Gasteiger partial charge in [0.25, 0.3) is 0 Å². The third-order valence-electron chi connectivity index (χ3n) is 1.90. The Kier molecular flexibility index (Phi) is 3.36. The van der Waals surface area contributed by atoms with Crippen molar-refractivity contribution < 1.29 is 4.39 Å². The fraction of sp³-hybridized carbons (Fsp3) is 1.00. The molecule has 0 radical (unpaired) electrons. The van der Waals surface area contributed by atoms with Crippen molar-refractivity contribution in [2.24, 2.45) is 0 Å². The van der Waals surface area contributed by atoms with E-state index in [9.17, 15) is 4.39 Å². The molecular weight excluding hydrogens is 244 g/mol. The smallest absolute Gasteiger partial charge is 0.113 e. The molecule has 0 aromatic heterocycles. The first-order valence-electron chi connectivity index (χ1n) is 3.72. The van der Waals surface area contributed by atoms with Crippen LogP contribution in [0.3, 0.4) is 0 Å². The highest BCUT2D eigenvalue weighted by Crippen LogP contribution is 2.17. The molecule has 1 aliphatic heterocycles. The molecule has 0 bridgehead atoms. The van der Waals surface area contributed by atoms with Crippen molar-refractivity contribution in [3.63, 3.8) is 0 Å². The standard InChI is InChI=1S/C7H13FIN/c1-6(9)10-4-2-3-7(8)5-10/h6-7H,2-5H2,1H3/t6?,7-/m1/s1. The van der Waals surface area contributed by atoms with Crippen LogP contribution in [0.25, 0.3) is 0 Å². The van der Waals surface area contributed by atoms with Crippen molar-refractivity contribution in [2.45, 2.75) is 30.0 Å². The molecule has 60 valence electrons. The van der Waals surface area contributed by atoms with Crippen LogP contribution in [0.2, 0.25) is 0 Å². The lowest BCUT2D eigenvalue weighted by Crippen LogP contribution is -2.39. The lowest BCUT2D eigenvalue weighted by molar-refractivity contribution is 0.139. The average Bonchev–Trinajstić information content (AvgIpc) is 1.88. The number of rotatable bonds is 1. The maximum absolute atomic E-state index is 12.7. The van der Waals surface area contributed by atoms with Crippen LogP contribution >= 0.6 is 22.6 Å². The number of nitrogens with zero attached hydrogens (tertiary/aromatic N) is 1. The molecule has 1 rings (SSSR count). The van der Waals surface area contributed by atoms with Gasteiger partial charge in [-0.15, -0.1) is 0 Å². The number of halogens is 2. The lowest BCUT2D eigenvalue weighted by Gasteiger charge is -2.30. The van der Waals surface area contributed by atoms with Crippen LogP contribution < -0.4 is 0 Å². The zero-order valence-corrected chi connectivity index (χ0v) is 8.34. The predicted molar refractivity (Wildman–Crippen MR) is 49.2 cm³/mol. The van der Waals surface area contributed by atoms with Gasteiger partial charge in [-0.25, -0.2) is 4.39 Å². The summed E-state index contributed by atoms with van der Waals surface area (Å²) in [4.78, 5) is 2.19. The van der Waals surface area contributed by atoms with E-state index in [1.54, 1.807) is 0 Å². The summed E-state index contributed by atoms with van der Waals surface area (Å²) in [6, 6.07) is 0. The first kappa shape index (κ1) is 8.71. The Balaban J connectivity index is 2.32. The quantitative estimate of drug-likeness (QED) is 0.395. The van der Waals surface area contributed by atoms with E-state index >= 15 is 0 Å². The van der Waals surface area contributed by atoms with E-state index in [0.717, 1.165) is 19.4 Å². The van der Waals surface area contributed by atoms with Gasteiger partial charge in [0.15, 0.2) is 0 Å². The van der Waals surface area contributed by atoms with Crippen LogP contribution in [0.1, 0.15) is 19.8 Å². The first-order valence-corrected chi connectivity index (χ1v) is 4.97. The molecule has 0 N–H and O–H groups in total. The molecule has 0 spiro atoms. The van der Waals surface area contributed by atoms with Crippen molar-refractivity contribution in [1.29, 1.82) is 0 Å². The van der Waals surface area contributed by atoms with Gasteiger partial charge in [-0.1, -0.05) is 22.6 Å². The molecular formula is C7H13FIN. The molecule has 0 amide bonds. The molecule has 1 unspecified atom stereocenters. The SMILES string of the molecule is CC(I)N1CCC[C@@H](F)C1. The molecule has 1 saturated heterocycles. The summed E-state index contributed by atoms with van der Waals surface area (Å²) in [6.07, 6.45) is 1.21. The summed E-state index contributed by atoms with van der Waals surface area (Å²) in [7, 11) is 0. The van der Waals surface area contributed by atoms with Gasteiger partial charge in [0.1, 0.15) is 6.17 Å². The van der Waals surface area contributed by atoms with Crippen LogP contribution in [0.15, 0.2) is 0 Å². The van der Waals surface area contributed by atoms with Crippen LogP contribution in [-0.2, 0) is 0 Å². The zero-order valence-electron chi connectivity index (χ0n) is 6.19. The van der Waals surface area contributed by atoms with Gasteiger partial charge in [0.05, 0.1) is 4.05 Å². The van der Waals surface area contributed by atoms with Crippen LogP contribution in [0.4, 0.5) is 4.39 Å². The van der Waals surface area contributed by atoms with Crippen molar-refractivity contribution in [1.82, 2.24) is 4.90 Å². The van der Waals surface area contributed by atoms with Crippen molar-refractivity contribution in [2.75, 3.05) is 13.1 Å². The summed E-state index contributed by atoms with van der Waals surface area (Å²) < 4.78 is 13.2. The minimum absolute atomic E-state index is 0.483. The van der Waals surface area contributed by atoms with E-state index in [1.807, 2.05) is 0 Å². The van der Waals surface area contributed by atoms with Gasteiger partial charge in [-0.05, 0) is 26.3 Å². The maximum atomic E-state index is 12.7.